The van der Waals surface area contributed by atoms with Gasteiger partial charge in [-0.3, -0.25) is 29.3 Å². The Morgan fingerprint density at radius 1 is 0.773 bits per heavy atom. The van der Waals surface area contributed by atoms with E-state index in [2.05, 4.69) is 0 Å². The number of hydrogen-bond donors (Lipinski definition) is 3. The average Bonchev–Trinajstić information content (AvgIpc) is 2.94. The Labute approximate surface area is 249 Å². The van der Waals surface area contributed by atoms with Crippen LogP contribution >= 0.6 is 0 Å². The zero-order valence-electron chi connectivity index (χ0n) is 24.0. The summed E-state index contributed by atoms with van der Waals surface area (Å²) in [7, 11) is 0. The lowest BCUT2D eigenvalue weighted by Crippen LogP contribution is -2.66. The first-order chi connectivity index (χ1) is 20.7. The molecule has 2 heterocycles. The van der Waals surface area contributed by atoms with Crippen LogP contribution in [0.5, 0.6) is 5.75 Å². The first-order valence-electron chi connectivity index (χ1n) is 13.2. The molecule has 2 saturated heterocycles. The highest BCUT2D eigenvalue weighted by molar-refractivity contribution is 5.68. The van der Waals surface area contributed by atoms with Crippen molar-refractivity contribution < 1.29 is 77.3 Å². The van der Waals surface area contributed by atoms with Crippen molar-refractivity contribution in [3.63, 3.8) is 0 Å². The Morgan fingerprint density at radius 3 is 1.84 bits per heavy atom. The van der Waals surface area contributed by atoms with Gasteiger partial charge in [0.2, 0.25) is 6.29 Å². The molecule has 18 nitrogen and oxygen atoms in total. The quantitative estimate of drug-likeness (QED) is 0.113. The van der Waals surface area contributed by atoms with Gasteiger partial charge in [0.25, 0.3) is 5.69 Å². The molecule has 0 saturated carbocycles. The standard InChI is InChI=1S/C26H33NO17/c1-11(29)37-10-18-21(38-12(2)30)23(39-13(3)31)24(40-14(4)32)26(43-18)44-22-19(33)17(9-28)42-25(20(22)34)41-16-7-5-15(6-8-16)27(35)36/h5-8,17-26,28,33-34H,9-10H2,1-4H3/t17-,18-,19-,20-,21-,22+,23+,24-,25-,26+/m1/s1. The maximum Gasteiger partial charge on any atom is 0.303 e. The summed E-state index contributed by atoms with van der Waals surface area (Å²) in [6.07, 6.45) is -16.2. The summed E-state index contributed by atoms with van der Waals surface area (Å²) in [6.45, 7) is 2.85. The van der Waals surface area contributed by atoms with E-state index in [-0.39, 0.29) is 11.4 Å². The molecule has 2 aliphatic rings. The van der Waals surface area contributed by atoms with Crippen molar-refractivity contribution in [2.75, 3.05) is 13.2 Å². The highest BCUT2D eigenvalue weighted by atomic mass is 16.8. The molecule has 0 aromatic heterocycles. The molecule has 2 fully saturated rings. The lowest BCUT2D eigenvalue weighted by atomic mass is 9.96. The number of nitro benzene ring substituents is 1. The van der Waals surface area contributed by atoms with E-state index in [0.717, 1.165) is 39.8 Å². The van der Waals surface area contributed by atoms with Crippen LogP contribution in [-0.4, -0.2) is 119 Å². The predicted molar refractivity (Wildman–Crippen MR) is 138 cm³/mol. The van der Waals surface area contributed by atoms with Gasteiger partial charge in [-0.2, -0.15) is 0 Å². The first kappa shape index (κ1) is 34.5. The number of benzene rings is 1. The van der Waals surface area contributed by atoms with Crippen molar-refractivity contribution in [2.45, 2.75) is 89.1 Å². The largest absolute Gasteiger partial charge is 0.463 e. The SMILES string of the molecule is CC(=O)OC[C@H]1O[C@@H](O[C@@H]2[C@@H](O)[C@H](Oc3ccc([N+](=O)[O-])cc3)O[C@H](CO)[C@H]2O)[C@H](OC(C)=O)[C@@H](OC(C)=O)[C@@H]1OC(C)=O. The number of nitrogens with zero attached hydrogens (tertiary/aromatic N) is 1. The van der Waals surface area contributed by atoms with Gasteiger partial charge in [-0.25, -0.2) is 0 Å². The van der Waals surface area contributed by atoms with Crippen LogP contribution in [0.2, 0.25) is 0 Å². The molecule has 1 aromatic rings. The van der Waals surface area contributed by atoms with Gasteiger partial charge in [-0.1, -0.05) is 0 Å². The summed E-state index contributed by atoms with van der Waals surface area (Å²) in [4.78, 5) is 58.0. The number of non-ortho nitro benzene ring substituents is 1. The smallest absolute Gasteiger partial charge is 0.303 e. The molecule has 0 amide bonds. The number of esters is 4. The third-order valence-electron chi connectivity index (χ3n) is 6.36. The van der Waals surface area contributed by atoms with E-state index in [0.29, 0.717) is 0 Å². The van der Waals surface area contributed by atoms with E-state index in [4.69, 9.17) is 37.9 Å². The van der Waals surface area contributed by atoms with E-state index >= 15 is 0 Å². The fourth-order valence-electron chi connectivity index (χ4n) is 4.54. The van der Waals surface area contributed by atoms with E-state index in [9.17, 15) is 44.6 Å². The second kappa shape index (κ2) is 15.2. The van der Waals surface area contributed by atoms with E-state index in [1.165, 1.54) is 12.1 Å². The normalized spacial score (nSPS) is 31.7. The third-order valence-corrected chi connectivity index (χ3v) is 6.36. The van der Waals surface area contributed by atoms with Crippen LogP contribution < -0.4 is 4.74 Å². The van der Waals surface area contributed by atoms with Crippen LogP contribution in [0.4, 0.5) is 5.69 Å². The van der Waals surface area contributed by atoms with Crippen molar-refractivity contribution in [3.8, 4) is 5.75 Å². The molecule has 2 aliphatic heterocycles. The van der Waals surface area contributed by atoms with E-state index < -0.39 is 103 Å². The molecule has 0 bridgehead atoms. The molecule has 0 radical (unpaired) electrons. The monoisotopic (exact) mass is 631 g/mol. The van der Waals surface area contributed by atoms with Gasteiger partial charge in [-0.05, 0) is 12.1 Å². The van der Waals surface area contributed by atoms with Crippen molar-refractivity contribution >= 4 is 29.6 Å². The van der Waals surface area contributed by atoms with Crippen molar-refractivity contribution in [3.05, 3.63) is 34.4 Å². The second-order valence-electron chi connectivity index (χ2n) is 9.74. The number of ether oxygens (including phenoxy) is 8. The Morgan fingerprint density at radius 2 is 1.32 bits per heavy atom. The van der Waals surface area contributed by atoms with Crippen molar-refractivity contribution in [2.24, 2.45) is 0 Å². The molecule has 0 unspecified atom stereocenters. The molecule has 3 rings (SSSR count). The maximum atomic E-state index is 12.1. The van der Waals surface area contributed by atoms with Crippen molar-refractivity contribution in [1.29, 1.82) is 0 Å². The van der Waals surface area contributed by atoms with Gasteiger partial charge in [0.05, 0.1) is 11.5 Å². The Balaban J connectivity index is 1.96. The molecule has 0 spiro atoms. The Kier molecular flexibility index (Phi) is 11.9. The summed E-state index contributed by atoms with van der Waals surface area (Å²) < 4.78 is 43.8. The van der Waals surface area contributed by atoms with Crippen LogP contribution in [-0.2, 0) is 52.3 Å². The van der Waals surface area contributed by atoms with Gasteiger partial charge < -0.3 is 53.2 Å². The van der Waals surface area contributed by atoms with E-state index in [1.54, 1.807) is 0 Å². The molecular weight excluding hydrogens is 598 g/mol. The van der Waals surface area contributed by atoms with Gasteiger partial charge in [-0.15, -0.1) is 0 Å². The number of aliphatic hydroxyl groups excluding tert-OH is 3. The second-order valence-corrected chi connectivity index (χ2v) is 9.74. The third kappa shape index (κ3) is 8.80. The number of nitro groups is 1. The minimum Gasteiger partial charge on any atom is -0.463 e. The van der Waals surface area contributed by atoms with Gasteiger partial charge in [0.15, 0.2) is 24.6 Å². The average molecular weight is 632 g/mol. The van der Waals surface area contributed by atoms with Gasteiger partial charge in [0.1, 0.15) is 42.9 Å². The number of aliphatic hydroxyl groups is 3. The maximum absolute atomic E-state index is 12.1. The molecule has 3 N–H and O–H groups in total. The molecule has 244 valence electrons. The van der Waals surface area contributed by atoms with Crippen LogP contribution in [0, 0.1) is 10.1 Å². The molecule has 18 heteroatoms. The highest BCUT2D eigenvalue weighted by Crippen LogP contribution is 2.34. The molecule has 0 aliphatic carbocycles. The molecule has 1 aromatic carbocycles. The summed E-state index contributed by atoms with van der Waals surface area (Å²) in [5.74, 6) is -3.38. The Bertz CT molecular complexity index is 1190. The number of rotatable bonds is 11. The van der Waals surface area contributed by atoms with Crippen molar-refractivity contribution in [1.82, 2.24) is 0 Å². The molecular formula is C26H33NO17. The number of carbonyl (C=O) groups is 4. The fraction of sp³-hybridized carbons (Fsp3) is 0.615. The summed E-state index contributed by atoms with van der Waals surface area (Å²) in [5.41, 5.74) is -0.240. The predicted octanol–water partition coefficient (Wildman–Crippen LogP) is -1.12. The van der Waals surface area contributed by atoms with E-state index in [1.807, 2.05) is 0 Å². The first-order valence-corrected chi connectivity index (χ1v) is 13.2. The zero-order valence-corrected chi connectivity index (χ0v) is 24.0. The Hall–Kier alpha value is -3.94. The van der Waals surface area contributed by atoms with Gasteiger partial charge in [0, 0.05) is 39.8 Å². The highest BCUT2D eigenvalue weighted by Gasteiger charge is 2.56. The lowest BCUT2D eigenvalue weighted by Gasteiger charge is -2.47. The lowest BCUT2D eigenvalue weighted by molar-refractivity contribution is -0.384. The fourth-order valence-corrected chi connectivity index (χ4v) is 4.54. The number of hydrogen-bond acceptors (Lipinski definition) is 17. The topological polar surface area (TPSA) is 246 Å². The van der Waals surface area contributed by atoms with Crippen LogP contribution in [0.25, 0.3) is 0 Å². The summed E-state index contributed by atoms with van der Waals surface area (Å²) in [6, 6.07) is 4.72. The minimum absolute atomic E-state index is 0.0128. The molecule has 44 heavy (non-hydrogen) atoms. The van der Waals surface area contributed by atoms with Crippen LogP contribution in [0.3, 0.4) is 0 Å². The summed E-state index contributed by atoms with van der Waals surface area (Å²) >= 11 is 0. The zero-order chi connectivity index (χ0) is 32.7. The molecule has 10 atom stereocenters. The minimum atomic E-state index is -1.84. The number of carbonyl (C=O) groups excluding carboxylic acids is 4. The van der Waals surface area contributed by atoms with Crippen LogP contribution in [0.1, 0.15) is 27.7 Å². The van der Waals surface area contributed by atoms with Gasteiger partial charge >= 0.3 is 23.9 Å². The van der Waals surface area contributed by atoms with Crippen LogP contribution in [0.15, 0.2) is 24.3 Å². The summed E-state index contributed by atoms with van der Waals surface area (Å²) in [5, 5.41) is 42.8.